The third-order valence-corrected chi connectivity index (χ3v) is 2.93. The number of carbonyl (C=O) groups excluding carboxylic acids is 2. The molecule has 1 rings (SSSR count). The maximum atomic E-state index is 10.9. The van der Waals surface area contributed by atoms with Gasteiger partial charge in [-0.25, -0.2) is 9.59 Å². The second-order valence-electron chi connectivity index (χ2n) is 6.08. The van der Waals surface area contributed by atoms with Crippen LogP contribution < -0.4 is 0 Å². The molecule has 0 spiro atoms. The zero-order valence-electron chi connectivity index (χ0n) is 12.1. The summed E-state index contributed by atoms with van der Waals surface area (Å²) in [6, 6.07) is 0. The van der Waals surface area contributed by atoms with Gasteiger partial charge in [0.05, 0.1) is 0 Å². The Morgan fingerprint density at radius 1 is 1.00 bits per heavy atom. The summed E-state index contributed by atoms with van der Waals surface area (Å²) in [5.74, 6) is -2.11. The van der Waals surface area contributed by atoms with Crippen molar-refractivity contribution in [1.82, 2.24) is 0 Å². The molecule has 0 radical (unpaired) electrons. The van der Waals surface area contributed by atoms with Gasteiger partial charge in [0.2, 0.25) is 0 Å². The molecular weight excluding hydrogens is 252 g/mol. The van der Waals surface area contributed by atoms with Crippen molar-refractivity contribution >= 4 is 11.9 Å². The predicted octanol–water partition coefficient (Wildman–Crippen LogP) is 2.52. The fourth-order valence-corrected chi connectivity index (χ4v) is 2.83. The van der Waals surface area contributed by atoms with Crippen LogP contribution in [-0.2, 0) is 29.1 Å². The first-order valence-corrected chi connectivity index (χ1v) is 6.37. The predicted molar refractivity (Wildman–Crippen MR) is 65.2 cm³/mol. The van der Waals surface area contributed by atoms with Gasteiger partial charge in [-0.1, -0.05) is 20.8 Å². The number of hydrogen-bond acceptors (Lipinski definition) is 6. The largest absolute Gasteiger partial charge is 0.339 e. The van der Waals surface area contributed by atoms with Crippen molar-refractivity contribution in [2.75, 3.05) is 0 Å². The molecule has 1 unspecified atom stereocenters. The summed E-state index contributed by atoms with van der Waals surface area (Å²) in [5.41, 5.74) is -0.0715. The zero-order chi connectivity index (χ0) is 14.7. The van der Waals surface area contributed by atoms with E-state index in [1.165, 1.54) is 13.8 Å². The van der Waals surface area contributed by atoms with E-state index in [-0.39, 0.29) is 11.3 Å². The average molecular weight is 274 g/mol. The van der Waals surface area contributed by atoms with Crippen LogP contribution in [-0.4, -0.2) is 17.7 Å². The molecule has 0 N–H and O–H groups in total. The highest BCUT2D eigenvalue weighted by molar-refractivity contribution is 5.65. The number of rotatable bonds is 4. The van der Waals surface area contributed by atoms with E-state index in [2.05, 4.69) is 23.6 Å². The van der Waals surface area contributed by atoms with Gasteiger partial charge in [-0.05, 0) is 17.8 Å². The van der Waals surface area contributed by atoms with Gasteiger partial charge in [-0.2, -0.15) is 0 Å². The second kappa shape index (κ2) is 5.88. The third-order valence-electron chi connectivity index (χ3n) is 2.93. The van der Waals surface area contributed by atoms with Crippen molar-refractivity contribution in [2.24, 2.45) is 11.3 Å². The summed E-state index contributed by atoms with van der Waals surface area (Å²) in [5, 5.41) is 0. The zero-order valence-corrected chi connectivity index (χ0v) is 12.1. The van der Waals surface area contributed by atoms with Crippen LogP contribution in [0.4, 0.5) is 0 Å². The van der Waals surface area contributed by atoms with E-state index in [0.29, 0.717) is 12.8 Å². The van der Waals surface area contributed by atoms with Crippen molar-refractivity contribution in [3.63, 3.8) is 0 Å². The highest BCUT2D eigenvalue weighted by Gasteiger charge is 2.48. The van der Waals surface area contributed by atoms with Crippen molar-refractivity contribution in [3.8, 4) is 0 Å². The highest BCUT2D eigenvalue weighted by Crippen LogP contribution is 2.46. The molecule has 1 aliphatic carbocycles. The molecule has 0 aromatic carbocycles. The van der Waals surface area contributed by atoms with Crippen LogP contribution in [0.15, 0.2) is 0 Å². The Hall–Kier alpha value is -1.14. The number of hydrogen-bond donors (Lipinski definition) is 0. The van der Waals surface area contributed by atoms with Crippen LogP contribution >= 0.6 is 0 Å². The Morgan fingerprint density at radius 2 is 1.47 bits per heavy atom. The molecule has 19 heavy (non-hydrogen) atoms. The van der Waals surface area contributed by atoms with Crippen molar-refractivity contribution in [1.29, 1.82) is 0 Å². The lowest BCUT2D eigenvalue weighted by molar-refractivity contribution is -0.494. The molecule has 1 fully saturated rings. The molecule has 1 saturated carbocycles. The van der Waals surface area contributed by atoms with E-state index in [9.17, 15) is 9.59 Å². The fraction of sp³-hybridized carbons (Fsp3) is 0.846. The Balaban J connectivity index is 2.83. The summed E-state index contributed by atoms with van der Waals surface area (Å²) in [4.78, 5) is 41.3. The first-order valence-electron chi connectivity index (χ1n) is 6.37. The molecule has 6 nitrogen and oxygen atoms in total. The molecule has 0 aliphatic heterocycles. The highest BCUT2D eigenvalue weighted by atomic mass is 17.3. The van der Waals surface area contributed by atoms with Gasteiger partial charge in [-0.15, -0.1) is 9.78 Å². The Morgan fingerprint density at radius 3 is 1.84 bits per heavy atom. The number of carbonyl (C=O) groups is 2. The molecule has 0 heterocycles. The van der Waals surface area contributed by atoms with E-state index >= 15 is 0 Å². The minimum atomic E-state index is -1.24. The average Bonchev–Trinajstić information content (AvgIpc) is 2.21. The standard InChI is InChI=1S/C13H22O6/c1-9-6-12(4,5)8-13(7-9,18-16-10(2)14)19-17-11(3)15/h9H,6-8H2,1-5H3. The van der Waals surface area contributed by atoms with E-state index < -0.39 is 17.7 Å². The van der Waals surface area contributed by atoms with Gasteiger partial charge < -0.3 is 0 Å². The lowest BCUT2D eigenvalue weighted by atomic mass is 9.70. The smallest absolute Gasteiger partial charge is 0.296 e. The molecule has 0 aromatic heterocycles. The minimum Gasteiger partial charge on any atom is -0.296 e. The summed E-state index contributed by atoms with van der Waals surface area (Å²) in [6.45, 7) is 8.63. The van der Waals surface area contributed by atoms with Gasteiger partial charge in [0.25, 0.3) is 5.79 Å². The van der Waals surface area contributed by atoms with Crippen LogP contribution in [0.1, 0.15) is 53.9 Å². The van der Waals surface area contributed by atoms with Crippen LogP contribution in [0.25, 0.3) is 0 Å². The van der Waals surface area contributed by atoms with Gasteiger partial charge in [0.15, 0.2) is 0 Å². The second-order valence-corrected chi connectivity index (χ2v) is 6.08. The monoisotopic (exact) mass is 274 g/mol. The minimum absolute atomic E-state index is 0.0715. The van der Waals surface area contributed by atoms with E-state index in [1.54, 1.807) is 0 Å². The quantitative estimate of drug-likeness (QED) is 0.445. The Bertz CT molecular complexity index is 331. The van der Waals surface area contributed by atoms with Crippen molar-refractivity contribution < 1.29 is 29.1 Å². The summed E-state index contributed by atoms with van der Waals surface area (Å²) in [6.07, 6.45) is 1.93. The molecule has 1 aliphatic rings. The SMILES string of the molecule is CC(=O)OOC1(OOC(C)=O)CC(C)CC(C)(C)C1. The Kier molecular flexibility index (Phi) is 4.92. The normalized spacial score (nSPS) is 24.6. The van der Waals surface area contributed by atoms with E-state index in [1.807, 2.05) is 6.92 Å². The molecule has 1 atom stereocenters. The lowest BCUT2D eigenvalue weighted by Gasteiger charge is -2.43. The van der Waals surface area contributed by atoms with Gasteiger partial charge in [0.1, 0.15) is 0 Å². The van der Waals surface area contributed by atoms with Crippen molar-refractivity contribution in [2.45, 2.75) is 59.7 Å². The van der Waals surface area contributed by atoms with Gasteiger partial charge >= 0.3 is 11.9 Å². The first kappa shape index (κ1) is 15.9. The van der Waals surface area contributed by atoms with Gasteiger partial charge in [0, 0.05) is 26.7 Å². The van der Waals surface area contributed by atoms with Crippen LogP contribution in [0.3, 0.4) is 0 Å². The van der Waals surface area contributed by atoms with Crippen molar-refractivity contribution in [3.05, 3.63) is 0 Å². The first-order chi connectivity index (χ1) is 8.64. The molecule has 6 heteroatoms. The van der Waals surface area contributed by atoms with E-state index in [4.69, 9.17) is 9.78 Å². The summed E-state index contributed by atoms with van der Waals surface area (Å²) in [7, 11) is 0. The maximum Gasteiger partial charge on any atom is 0.339 e. The maximum absolute atomic E-state index is 10.9. The molecule has 0 aromatic rings. The topological polar surface area (TPSA) is 71.1 Å². The summed E-state index contributed by atoms with van der Waals surface area (Å²) >= 11 is 0. The molecule has 0 bridgehead atoms. The Labute approximate surface area is 113 Å². The van der Waals surface area contributed by atoms with Crippen LogP contribution in [0.5, 0.6) is 0 Å². The molecule has 0 saturated heterocycles. The van der Waals surface area contributed by atoms with Gasteiger partial charge in [-0.3, -0.25) is 9.78 Å². The third kappa shape index (κ3) is 5.16. The van der Waals surface area contributed by atoms with Crippen LogP contribution in [0, 0.1) is 11.3 Å². The molecule has 0 amide bonds. The fourth-order valence-electron chi connectivity index (χ4n) is 2.83. The summed E-state index contributed by atoms with van der Waals surface area (Å²) < 4.78 is 0. The van der Waals surface area contributed by atoms with E-state index in [0.717, 1.165) is 6.42 Å². The molecule has 110 valence electrons. The lowest BCUT2D eigenvalue weighted by Crippen LogP contribution is -2.47. The molecular formula is C13H22O6. The van der Waals surface area contributed by atoms with Crippen LogP contribution in [0.2, 0.25) is 0 Å².